The van der Waals surface area contributed by atoms with Gasteiger partial charge in [0.2, 0.25) is 0 Å². The first kappa shape index (κ1) is 25.2. The standard InChI is InChI=1S/C26H33ClN6O2/c1-6-33-24(19-12-11-18(32(4)5)14-20(19)27)30-17(3)23(25(33)34)31-26(21-10-8-9-13-29-21)16-28-15-22(26)35-7-2/h8-14,22,28,31H,6-7,15-16H2,1-5H3/t22-,26+/m0/s1. The van der Waals surface area contributed by atoms with Crippen LogP contribution in [0.1, 0.15) is 25.2 Å². The fraction of sp³-hybridized carbons (Fsp3) is 0.423. The van der Waals surface area contributed by atoms with Crippen molar-refractivity contribution in [2.75, 3.05) is 44.0 Å². The zero-order chi connectivity index (χ0) is 25.2. The molecule has 4 rings (SSSR count). The quantitative estimate of drug-likeness (QED) is 0.492. The van der Waals surface area contributed by atoms with Crippen molar-refractivity contribution in [3.63, 3.8) is 0 Å². The third kappa shape index (κ3) is 4.66. The zero-order valence-electron chi connectivity index (χ0n) is 20.9. The smallest absolute Gasteiger partial charge is 0.277 e. The highest BCUT2D eigenvalue weighted by atomic mass is 35.5. The summed E-state index contributed by atoms with van der Waals surface area (Å²) in [4.78, 5) is 25.3. The van der Waals surface area contributed by atoms with Crippen molar-refractivity contribution in [1.82, 2.24) is 19.9 Å². The first-order chi connectivity index (χ1) is 16.8. The minimum absolute atomic E-state index is 0.153. The Kier molecular flexibility index (Phi) is 7.44. The van der Waals surface area contributed by atoms with Crippen LogP contribution >= 0.6 is 11.6 Å². The van der Waals surface area contributed by atoms with Crippen LogP contribution in [0.3, 0.4) is 0 Å². The van der Waals surface area contributed by atoms with Crippen LogP contribution in [0.4, 0.5) is 11.4 Å². The SMILES string of the molecule is CCO[C@H]1CNC[C@@]1(Nc1c(C)nc(-c2ccc(N(C)C)cc2Cl)n(CC)c1=O)c1ccccn1. The summed E-state index contributed by atoms with van der Waals surface area (Å²) >= 11 is 6.64. The van der Waals surface area contributed by atoms with Gasteiger partial charge in [-0.15, -0.1) is 0 Å². The van der Waals surface area contributed by atoms with E-state index < -0.39 is 5.54 Å². The Morgan fingerprint density at radius 1 is 1.29 bits per heavy atom. The van der Waals surface area contributed by atoms with Gasteiger partial charge in [-0.25, -0.2) is 4.98 Å². The van der Waals surface area contributed by atoms with Gasteiger partial charge < -0.3 is 20.3 Å². The second kappa shape index (κ2) is 10.4. The van der Waals surface area contributed by atoms with E-state index in [4.69, 9.17) is 21.3 Å². The fourth-order valence-electron chi connectivity index (χ4n) is 4.65. The molecule has 1 aliphatic rings. The van der Waals surface area contributed by atoms with E-state index in [9.17, 15) is 4.79 Å². The predicted octanol–water partition coefficient (Wildman–Crippen LogP) is 3.67. The van der Waals surface area contributed by atoms with Crippen molar-refractivity contribution in [2.45, 2.75) is 39.0 Å². The zero-order valence-corrected chi connectivity index (χ0v) is 21.7. The van der Waals surface area contributed by atoms with Crippen molar-refractivity contribution < 1.29 is 4.74 Å². The van der Waals surface area contributed by atoms with Gasteiger partial charge in [0.1, 0.15) is 17.1 Å². The largest absolute Gasteiger partial charge is 0.378 e. The molecule has 1 aromatic carbocycles. The molecule has 2 atom stereocenters. The van der Waals surface area contributed by atoms with E-state index in [-0.39, 0.29) is 11.7 Å². The summed E-state index contributed by atoms with van der Waals surface area (Å²) in [6, 6.07) is 11.6. The summed E-state index contributed by atoms with van der Waals surface area (Å²) in [6.45, 7) is 7.97. The Labute approximate surface area is 211 Å². The highest BCUT2D eigenvalue weighted by Gasteiger charge is 2.47. The number of halogens is 1. The summed E-state index contributed by atoms with van der Waals surface area (Å²) in [5.74, 6) is 0.550. The summed E-state index contributed by atoms with van der Waals surface area (Å²) in [7, 11) is 3.92. The van der Waals surface area contributed by atoms with Gasteiger partial charge in [-0.3, -0.25) is 14.3 Å². The maximum Gasteiger partial charge on any atom is 0.277 e. The highest BCUT2D eigenvalue weighted by Crippen LogP contribution is 2.35. The Balaban J connectivity index is 1.83. The van der Waals surface area contributed by atoms with Crippen LogP contribution in [0.5, 0.6) is 0 Å². The Bertz CT molecular complexity index is 1250. The Morgan fingerprint density at radius 3 is 2.71 bits per heavy atom. The number of nitrogens with one attached hydrogen (secondary N) is 2. The molecule has 0 aliphatic carbocycles. The molecule has 3 aromatic rings. The summed E-state index contributed by atoms with van der Waals surface area (Å²) in [5, 5.41) is 7.51. The van der Waals surface area contributed by atoms with E-state index >= 15 is 0 Å². The number of benzene rings is 1. The molecular formula is C26H33ClN6O2. The molecule has 0 radical (unpaired) electrons. The number of anilines is 2. The lowest BCUT2D eigenvalue weighted by Crippen LogP contribution is -2.49. The second-order valence-electron chi connectivity index (χ2n) is 8.89. The molecule has 0 saturated carbocycles. The van der Waals surface area contributed by atoms with Crippen LogP contribution in [-0.2, 0) is 16.8 Å². The number of aromatic nitrogens is 3. The molecular weight excluding hydrogens is 464 g/mol. The van der Waals surface area contributed by atoms with Crippen LogP contribution in [0, 0.1) is 6.92 Å². The van der Waals surface area contributed by atoms with Crippen molar-refractivity contribution in [3.8, 4) is 11.4 Å². The number of hydrogen-bond acceptors (Lipinski definition) is 7. The molecule has 0 spiro atoms. The van der Waals surface area contributed by atoms with Crippen LogP contribution in [-0.4, -0.2) is 54.4 Å². The third-order valence-corrected chi connectivity index (χ3v) is 6.81. The monoisotopic (exact) mass is 496 g/mol. The van der Waals surface area contributed by atoms with E-state index in [2.05, 4.69) is 15.6 Å². The van der Waals surface area contributed by atoms with Gasteiger partial charge in [0.25, 0.3) is 5.56 Å². The summed E-state index contributed by atoms with van der Waals surface area (Å²) in [6.07, 6.45) is 1.56. The highest BCUT2D eigenvalue weighted by molar-refractivity contribution is 6.33. The Hall–Kier alpha value is -2.94. The number of rotatable bonds is 8. The minimum atomic E-state index is -0.707. The average Bonchev–Trinajstić information content (AvgIpc) is 3.25. The molecule has 0 bridgehead atoms. The third-order valence-electron chi connectivity index (χ3n) is 6.50. The van der Waals surface area contributed by atoms with Crippen molar-refractivity contribution in [1.29, 1.82) is 0 Å². The van der Waals surface area contributed by atoms with E-state index in [0.29, 0.717) is 48.5 Å². The predicted molar refractivity (Wildman–Crippen MR) is 142 cm³/mol. The number of hydrogen-bond donors (Lipinski definition) is 2. The van der Waals surface area contributed by atoms with Gasteiger partial charge in [-0.05, 0) is 51.1 Å². The van der Waals surface area contributed by atoms with E-state index in [1.165, 1.54) is 0 Å². The first-order valence-electron chi connectivity index (χ1n) is 11.9. The number of nitrogens with zero attached hydrogens (tertiary/aromatic N) is 4. The normalized spacial score (nSPS) is 19.7. The van der Waals surface area contributed by atoms with Gasteiger partial charge in [-0.1, -0.05) is 17.7 Å². The van der Waals surface area contributed by atoms with Gasteiger partial charge in [-0.2, -0.15) is 0 Å². The van der Waals surface area contributed by atoms with E-state index in [1.54, 1.807) is 10.8 Å². The van der Waals surface area contributed by atoms with Crippen molar-refractivity contribution in [2.24, 2.45) is 0 Å². The number of ether oxygens (including phenoxy) is 1. The van der Waals surface area contributed by atoms with Gasteiger partial charge in [0.05, 0.1) is 22.5 Å². The molecule has 2 N–H and O–H groups in total. The summed E-state index contributed by atoms with van der Waals surface area (Å²) in [5.41, 5.74) is 2.70. The molecule has 1 saturated heterocycles. The molecule has 2 aromatic heterocycles. The Morgan fingerprint density at radius 2 is 2.09 bits per heavy atom. The average molecular weight is 497 g/mol. The fourth-order valence-corrected chi connectivity index (χ4v) is 4.91. The van der Waals surface area contributed by atoms with Crippen molar-refractivity contribution in [3.05, 3.63) is 69.4 Å². The molecule has 186 valence electrons. The van der Waals surface area contributed by atoms with Gasteiger partial charge >= 0.3 is 0 Å². The molecule has 8 nitrogen and oxygen atoms in total. The summed E-state index contributed by atoms with van der Waals surface area (Å²) < 4.78 is 7.77. The molecule has 35 heavy (non-hydrogen) atoms. The number of pyridine rings is 1. The topological polar surface area (TPSA) is 84.3 Å². The van der Waals surface area contributed by atoms with Gasteiger partial charge in [0, 0.05) is 57.8 Å². The molecule has 9 heteroatoms. The molecule has 1 fully saturated rings. The lowest BCUT2D eigenvalue weighted by Gasteiger charge is -2.36. The molecule has 3 heterocycles. The number of aryl methyl sites for hydroxylation is 1. The lowest BCUT2D eigenvalue weighted by atomic mass is 9.90. The lowest BCUT2D eigenvalue weighted by molar-refractivity contribution is 0.0384. The first-order valence-corrected chi connectivity index (χ1v) is 12.3. The van der Waals surface area contributed by atoms with Crippen LogP contribution < -0.4 is 21.1 Å². The van der Waals surface area contributed by atoms with Crippen LogP contribution in [0.15, 0.2) is 47.4 Å². The maximum atomic E-state index is 13.9. The molecule has 1 aliphatic heterocycles. The van der Waals surface area contributed by atoms with Crippen molar-refractivity contribution >= 4 is 23.0 Å². The van der Waals surface area contributed by atoms with Gasteiger partial charge in [0.15, 0.2) is 0 Å². The maximum absolute atomic E-state index is 13.9. The van der Waals surface area contributed by atoms with Crippen LogP contribution in [0.2, 0.25) is 5.02 Å². The molecule has 0 amide bonds. The minimum Gasteiger partial charge on any atom is -0.378 e. The molecule has 0 unspecified atom stereocenters. The van der Waals surface area contributed by atoms with E-state index in [1.807, 2.05) is 76.2 Å². The van der Waals surface area contributed by atoms with E-state index in [0.717, 1.165) is 16.9 Å². The van der Waals surface area contributed by atoms with Crippen LogP contribution in [0.25, 0.3) is 11.4 Å². The second-order valence-corrected chi connectivity index (χ2v) is 9.30.